The van der Waals surface area contributed by atoms with Gasteiger partial charge in [0.2, 0.25) is 0 Å². The second kappa shape index (κ2) is 8.38. The molecule has 0 saturated carbocycles. The minimum Gasteiger partial charge on any atom is -0.478 e. The first-order valence-corrected chi connectivity index (χ1v) is 7.22. The third-order valence-corrected chi connectivity index (χ3v) is 3.15. The number of carboxylic acid groups (broad SMARTS) is 2. The van der Waals surface area contributed by atoms with Gasteiger partial charge in [-0.25, -0.2) is 9.59 Å². The van der Waals surface area contributed by atoms with E-state index in [1.165, 1.54) is 24.3 Å². The van der Waals surface area contributed by atoms with Gasteiger partial charge < -0.3 is 10.2 Å². The summed E-state index contributed by atoms with van der Waals surface area (Å²) in [4.78, 5) is 29.9. The molecular weight excluding hydrogens is 308 g/mol. The van der Waals surface area contributed by atoms with E-state index in [-0.39, 0.29) is 11.1 Å². The van der Waals surface area contributed by atoms with E-state index in [1.807, 2.05) is 0 Å². The molecule has 6 heteroatoms. The lowest BCUT2D eigenvalue weighted by molar-refractivity contribution is 0.0686. The van der Waals surface area contributed by atoms with Gasteiger partial charge in [-0.05, 0) is 35.4 Å². The maximum absolute atomic E-state index is 10.7. The van der Waals surface area contributed by atoms with Gasteiger partial charge >= 0.3 is 11.9 Å². The Hall–Kier alpha value is -3.28. The Morgan fingerprint density at radius 3 is 1.33 bits per heavy atom. The third kappa shape index (κ3) is 5.17. The fourth-order valence-corrected chi connectivity index (χ4v) is 1.88. The average Bonchev–Trinajstić information content (AvgIpc) is 2.58. The van der Waals surface area contributed by atoms with Gasteiger partial charge in [-0.15, -0.1) is 0 Å². The van der Waals surface area contributed by atoms with Crippen LogP contribution in [0.1, 0.15) is 31.8 Å². The zero-order chi connectivity index (χ0) is 17.4. The molecule has 24 heavy (non-hydrogen) atoms. The number of aliphatic imine (C=N–C) groups is 2. The fraction of sp³-hybridized carbons (Fsp3) is 0.111. The van der Waals surface area contributed by atoms with Crippen LogP contribution >= 0.6 is 0 Å². The first-order chi connectivity index (χ1) is 11.6. The molecule has 122 valence electrons. The Morgan fingerprint density at radius 2 is 1.04 bits per heavy atom. The quantitative estimate of drug-likeness (QED) is 0.604. The van der Waals surface area contributed by atoms with Crippen molar-refractivity contribution < 1.29 is 19.8 Å². The predicted octanol–water partition coefficient (Wildman–Crippen LogP) is 2.62. The molecule has 0 saturated heterocycles. The van der Waals surface area contributed by atoms with Crippen molar-refractivity contribution in [2.75, 3.05) is 13.1 Å². The van der Waals surface area contributed by atoms with Gasteiger partial charge in [0.05, 0.1) is 24.2 Å². The summed E-state index contributed by atoms with van der Waals surface area (Å²) in [6.07, 6.45) is 3.34. The maximum atomic E-state index is 10.7. The lowest BCUT2D eigenvalue weighted by atomic mass is 10.1. The van der Waals surface area contributed by atoms with Crippen molar-refractivity contribution in [3.8, 4) is 0 Å². The molecule has 0 aromatic heterocycles. The number of carboxylic acids is 2. The van der Waals surface area contributed by atoms with Crippen molar-refractivity contribution in [2.24, 2.45) is 9.98 Å². The third-order valence-electron chi connectivity index (χ3n) is 3.15. The number of rotatable bonds is 7. The van der Waals surface area contributed by atoms with Gasteiger partial charge in [0.1, 0.15) is 0 Å². The summed E-state index contributed by atoms with van der Waals surface area (Å²) in [5.74, 6) is -1.91. The van der Waals surface area contributed by atoms with E-state index < -0.39 is 11.9 Å². The monoisotopic (exact) mass is 324 g/mol. The number of hydrogen-bond acceptors (Lipinski definition) is 4. The second-order valence-electron chi connectivity index (χ2n) is 4.92. The molecule has 0 aliphatic heterocycles. The lowest BCUT2D eigenvalue weighted by Gasteiger charge is -1.96. The van der Waals surface area contributed by atoms with Gasteiger partial charge in [0, 0.05) is 12.4 Å². The Labute approximate surface area is 138 Å². The smallest absolute Gasteiger partial charge is 0.335 e. The minimum absolute atomic E-state index is 0.241. The van der Waals surface area contributed by atoms with E-state index in [2.05, 4.69) is 9.98 Å². The van der Waals surface area contributed by atoms with Crippen LogP contribution < -0.4 is 0 Å². The molecule has 0 unspecified atom stereocenters. The molecule has 6 nitrogen and oxygen atoms in total. The van der Waals surface area contributed by atoms with E-state index in [4.69, 9.17) is 10.2 Å². The van der Waals surface area contributed by atoms with Gasteiger partial charge in [0.15, 0.2) is 0 Å². The van der Waals surface area contributed by atoms with Gasteiger partial charge in [-0.3, -0.25) is 9.98 Å². The first kappa shape index (κ1) is 17.1. The normalized spacial score (nSPS) is 11.2. The van der Waals surface area contributed by atoms with E-state index in [0.29, 0.717) is 13.1 Å². The molecule has 0 radical (unpaired) electrons. The van der Waals surface area contributed by atoms with Crippen molar-refractivity contribution in [1.82, 2.24) is 0 Å². The van der Waals surface area contributed by atoms with Crippen LogP contribution in [0.2, 0.25) is 0 Å². The van der Waals surface area contributed by atoms with Crippen LogP contribution in [0.25, 0.3) is 0 Å². The van der Waals surface area contributed by atoms with Gasteiger partial charge in [-0.1, -0.05) is 24.3 Å². The highest BCUT2D eigenvalue weighted by atomic mass is 16.4. The summed E-state index contributed by atoms with van der Waals surface area (Å²) in [5.41, 5.74) is 2.14. The standard InChI is InChI=1S/C18H16N2O4/c21-17(22)15-5-1-13(2-6-15)11-19-9-10-20-12-14-3-7-16(8-4-14)18(23)24/h1-8,11-12H,9-10H2,(H,21,22)(H,23,24). The number of benzene rings is 2. The average molecular weight is 324 g/mol. The van der Waals surface area contributed by atoms with E-state index in [0.717, 1.165) is 11.1 Å². The summed E-state index contributed by atoms with van der Waals surface area (Å²) >= 11 is 0. The highest BCUT2D eigenvalue weighted by Crippen LogP contribution is 2.03. The molecule has 2 N–H and O–H groups in total. The number of aromatic carboxylic acids is 2. The summed E-state index contributed by atoms with van der Waals surface area (Å²) < 4.78 is 0. The fourth-order valence-electron chi connectivity index (χ4n) is 1.88. The minimum atomic E-state index is -0.954. The van der Waals surface area contributed by atoms with Crippen LogP contribution in [0.5, 0.6) is 0 Å². The molecule has 2 rings (SSSR count). The molecule has 0 spiro atoms. The van der Waals surface area contributed by atoms with E-state index in [1.54, 1.807) is 36.7 Å². The van der Waals surface area contributed by atoms with Crippen LogP contribution in [-0.2, 0) is 0 Å². The van der Waals surface area contributed by atoms with Crippen molar-refractivity contribution in [2.45, 2.75) is 0 Å². The molecule has 0 amide bonds. The molecule has 0 bridgehead atoms. The van der Waals surface area contributed by atoms with Crippen LogP contribution in [0.15, 0.2) is 58.5 Å². The van der Waals surface area contributed by atoms with Crippen LogP contribution in [0, 0.1) is 0 Å². The molecule has 0 fully saturated rings. The summed E-state index contributed by atoms with van der Waals surface area (Å²) in [7, 11) is 0. The predicted molar refractivity (Wildman–Crippen MR) is 91.7 cm³/mol. The van der Waals surface area contributed by atoms with Crippen LogP contribution in [0.4, 0.5) is 0 Å². The van der Waals surface area contributed by atoms with E-state index >= 15 is 0 Å². The molecule has 0 atom stereocenters. The molecular formula is C18H16N2O4. The highest BCUT2D eigenvalue weighted by Gasteiger charge is 2.00. The second-order valence-corrected chi connectivity index (χ2v) is 4.92. The Kier molecular flexibility index (Phi) is 5.96. The summed E-state index contributed by atoms with van der Waals surface area (Å²) in [6, 6.07) is 12.9. The first-order valence-electron chi connectivity index (χ1n) is 7.22. The Morgan fingerprint density at radius 1 is 0.708 bits per heavy atom. The molecule has 0 aliphatic carbocycles. The van der Waals surface area contributed by atoms with Crippen molar-refractivity contribution in [1.29, 1.82) is 0 Å². The summed E-state index contributed by atoms with van der Waals surface area (Å²) in [5, 5.41) is 17.6. The number of nitrogens with zero attached hydrogens (tertiary/aromatic N) is 2. The zero-order valence-corrected chi connectivity index (χ0v) is 12.8. The van der Waals surface area contributed by atoms with Gasteiger partial charge in [0.25, 0.3) is 0 Å². The lowest BCUT2D eigenvalue weighted by Crippen LogP contribution is -1.96. The van der Waals surface area contributed by atoms with Crippen molar-refractivity contribution in [3.63, 3.8) is 0 Å². The highest BCUT2D eigenvalue weighted by molar-refractivity contribution is 5.90. The Bertz CT molecular complexity index is 695. The van der Waals surface area contributed by atoms with Crippen molar-refractivity contribution >= 4 is 24.4 Å². The number of hydrogen-bond donors (Lipinski definition) is 2. The molecule has 2 aromatic carbocycles. The largest absolute Gasteiger partial charge is 0.478 e. The van der Waals surface area contributed by atoms with Crippen LogP contribution in [-0.4, -0.2) is 47.7 Å². The molecule has 2 aromatic rings. The topological polar surface area (TPSA) is 99.3 Å². The van der Waals surface area contributed by atoms with Crippen LogP contribution in [0.3, 0.4) is 0 Å². The van der Waals surface area contributed by atoms with Gasteiger partial charge in [-0.2, -0.15) is 0 Å². The zero-order valence-electron chi connectivity index (χ0n) is 12.8. The van der Waals surface area contributed by atoms with E-state index in [9.17, 15) is 9.59 Å². The number of carbonyl (C=O) groups is 2. The maximum Gasteiger partial charge on any atom is 0.335 e. The SMILES string of the molecule is O=C(O)c1ccc(C=NCCN=Cc2ccc(C(=O)O)cc2)cc1. The molecule has 0 aliphatic rings. The summed E-state index contributed by atoms with van der Waals surface area (Å²) in [6.45, 7) is 1.01. The van der Waals surface area contributed by atoms with Crippen molar-refractivity contribution in [3.05, 3.63) is 70.8 Å². The Balaban J connectivity index is 1.79. The molecule has 0 heterocycles.